The molecule has 0 saturated heterocycles. The second-order valence-electron chi connectivity index (χ2n) is 4.22. The number of anilines is 1. The molecule has 0 aliphatic carbocycles. The van der Waals surface area contributed by atoms with Crippen molar-refractivity contribution in [2.75, 3.05) is 5.32 Å². The van der Waals surface area contributed by atoms with E-state index in [0.717, 1.165) is 17.0 Å². The molecule has 0 radical (unpaired) electrons. The van der Waals surface area contributed by atoms with Crippen molar-refractivity contribution >= 4 is 5.95 Å². The molecular weight excluding hydrogens is 231 g/mol. The van der Waals surface area contributed by atoms with Gasteiger partial charge in [-0.05, 0) is 38.5 Å². The standard InChI is InChI=1S/C13H15FN4/c1-8-9(2)17-18-13(15-8)16-10(3)11-4-6-12(14)7-5-11/h4-7,10H,1-3H3,(H,15,16,18). The monoisotopic (exact) mass is 246 g/mol. The minimum Gasteiger partial charge on any atom is -0.346 e. The van der Waals surface area contributed by atoms with E-state index < -0.39 is 0 Å². The smallest absolute Gasteiger partial charge is 0.243 e. The van der Waals surface area contributed by atoms with Gasteiger partial charge in [-0.25, -0.2) is 9.37 Å². The summed E-state index contributed by atoms with van der Waals surface area (Å²) in [6, 6.07) is 6.35. The highest BCUT2D eigenvalue weighted by atomic mass is 19.1. The highest BCUT2D eigenvalue weighted by Gasteiger charge is 2.08. The van der Waals surface area contributed by atoms with Crippen LogP contribution in [0.1, 0.15) is 29.9 Å². The number of hydrogen-bond donors (Lipinski definition) is 1. The third kappa shape index (κ3) is 2.80. The molecule has 0 fully saturated rings. The lowest BCUT2D eigenvalue weighted by molar-refractivity contribution is 0.626. The molecule has 2 rings (SSSR count). The molecule has 0 spiro atoms. The molecule has 1 aromatic carbocycles. The Morgan fingerprint density at radius 3 is 2.33 bits per heavy atom. The minimum atomic E-state index is -0.241. The first kappa shape index (κ1) is 12.4. The maximum absolute atomic E-state index is 12.8. The predicted octanol–water partition coefficient (Wildman–Crippen LogP) is 2.80. The summed E-state index contributed by atoms with van der Waals surface area (Å²) in [7, 11) is 0. The van der Waals surface area contributed by atoms with Crippen molar-refractivity contribution in [2.45, 2.75) is 26.8 Å². The molecule has 2 aromatic rings. The van der Waals surface area contributed by atoms with Crippen LogP contribution in [0.25, 0.3) is 0 Å². The fourth-order valence-corrected chi connectivity index (χ4v) is 1.55. The van der Waals surface area contributed by atoms with Crippen molar-refractivity contribution in [1.29, 1.82) is 0 Å². The molecule has 1 heterocycles. The highest BCUT2D eigenvalue weighted by molar-refractivity contribution is 5.31. The number of rotatable bonds is 3. The second-order valence-corrected chi connectivity index (χ2v) is 4.22. The normalized spacial score (nSPS) is 12.2. The Bertz CT molecular complexity index is 539. The predicted molar refractivity (Wildman–Crippen MR) is 67.7 cm³/mol. The molecular formula is C13H15FN4. The maximum atomic E-state index is 12.8. The summed E-state index contributed by atoms with van der Waals surface area (Å²) < 4.78 is 12.8. The molecule has 0 bridgehead atoms. The minimum absolute atomic E-state index is 0.00509. The number of hydrogen-bond acceptors (Lipinski definition) is 4. The number of aromatic nitrogens is 3. The summed E-state index contributed by atoms with van der Waals surface area (Å²) in [6.07, 6.45) is 0. The molecule has 1 atom stereocenters. The van der Waals surface area contributed by atoms with E-state index in [0.29, 0.717) is 5.95 Å². The van der Waals surface area contributed by atoms with Gasteiger partial charge in [-0.15, -0.1) is 5.10 Å². The van der Waals surface area contributed by atoms with Crippen LogP contribution >= 0.6 is 0 Å². The van der Waals surface area contributed by atoms with E-state index in [1.165, 1.54) is 12.1 Å². The van der Waals surface area contributed by atoms with Gasteiger partial charge in [-0.2, -0.15) is 5.10 Å². The topological polar surface area (TPSA) is 50.7 Å². The Morgan fingerprint density at radius 2 is 1.72 bits per heavy atom. The molecule has 94 valence electrons. The quantitative estimate of drug-likeness (QED) is 0.904. The molecule has 0 saturated carbocycles. The number of nitrogens with zero attached hydrogens (tertiary/aromatic N) is 3. The van der Waals surface area contributed by atoms with Gasteiger partial charge in [0, 0.05) is 0 Å². The van der Waals surface area contributed by atoms with Gasteiger partial charge in [0.15, 0.2) is 0 Å². The highest BCUT2D eigenvalue weighted by Crippen LogP contribution is 2.17. The van der Waals surface area contributed by atoms with Gasteiger partial charge < -0.3 is 5.32 Å². The molecule has 1 aromatic heterocycles. The average Bonchev–Trinajstić information content (AvgIpc) is 2.34. The third-order valence-electron chi connectivity index (χ3n) is 2.81. The largest absolute Gasteiger partial charge is 0.346 e. The lowest BCUT2D eigenvalue weighted by Crippen LogP contribution is -2.11. The zero-order valence-electron chi connectivity index (χ0n) is 10.6. The Hall–Kier alpha value is -2.04. The number of benzene rings is 1. The zero-order chi connectivity index (χ0) is 13.1. The maximum Gasteiger partial charge on any atom is 0.243 e. The van der Waals surface area contributed by atoms with E-state index in [4.69, 9.17) is 0 Å². The van der Waals surface area contributed by atoms with Crippen LogP contribution in [0.2, 0.25) is 0 Å². The molecule has 1 N–H and O–H groups in total. The molecule has 18 heavy (non-hydrogen) atoms. The fraction of sp³-hybridized carbons (Fsp3) is 0.308. The Balaban J connectivity index is 2.13. The lowest BCUT2D eigenvalue weighted by atomic mass is 10.1. The van der Waals surface area contributed by atoms with Crippen LogP contribution in [0.15, 0.2) is 24.3 Å². The Morgan fingerprint density at radius 1 is 1.06 bits per heavy atom. The van der Waals surface area contributed by atoms with Gasteiger partial charge in [0.1, 0.15) is 5.82 Å². The van der Waals surface area contributed by atoms with Crippen LogP contribution in [-0.4, -0.2) is 15.2 Å². The SMILES string of the molecule is Cc1nnc(NC(C)c2ccc(F)cc2)nc1C. The van der Waals surface area contributed by atoms with E-state index in [2.05, 4.69) is 20.5 Å². The van der Waals surface area contributed by atoms with Crippen molar-refractivity contribution in [2.24, 2.45) is 0 Å². The van der Waals surface area contributed by atoms with Gasteiger partial charge in [0.05, 0.1) is 17.4 Å². The van der Waals surface area contributed by atoms with Crippen LogP contribution < -0.4 is 5.32 Å². The van der Waals surface area contributed by atoms with Crippen LogP contribution in [0.5, 0.6) is 0 Å². The Labute approximate surface area is 105 Å². The van der Waals surface area contributed by atoms with Crippen LogP contribution in [0.4, 0.5) is 10.3 Å². The number of halogens is 1. The van der Waals surface area contributed by atoms with Gasteiger partial charge in [0.25, 0.3) is 0 Å². The summed E-state index contributed by atoms with van der Waals surface area (Å²) >= 11 is 0. The summed E-state index contributed by atoms with van der Waals surface area (Å²) in [4.78, 5) is 4.30. The van der Waals surface area contributed by atoms with Crippen molar-refractivity contribution in [3.05, 3.63) is 47.0 Å². The lowest BCUT2D eigenvalue weighted by Gasteiger charge is -2.14. The van der Waals surface area contributed by atoms with Gasteiger partial charge in [-0.3, -0.25) is 0 Å². The molecule has 5 heteroatoms. The van der Waals surface area contributed by atoms with Crippen molar-refractivity contribution < 1.29 is 4.39 Å². The van der Waals surface area contributed by atoms with Gasteiger partial charge >= 0.3 is 0 Å². The Kier molecular flexibility index (Phi) is 3.50. The van der Waals surface area contributed by atoms with Crippen molar-refractivity contribution in [1.82, 2.24) is 15.2 Å². The number of aryl methyl sites for hydroxylation is 2. The average molecular weight is 246 g/mol. The van der Waals surface area contributed by atoms with Crippen LogP contribution in [0, 0.1) is 19.7 Å². The summed E-state index contributed by atoms with van der Waals surface area (Å²) in [5.41, 5.74) is 2.63. The first-order valence-electron chi connectivity index (χ1n) is 5.76. The van der Waals surface area contributed by atoms with Gasteiger partial charge in [-0.1, -0.05) is 12.1 Å². The first-order valence-corrected chi connectivity index (χ1v) is 5.76. The number of nitrogens with one attached hydrogen (secondary N) is 1. The van der Waals surface area contributed by atoms with Crippen LogP contribution in [0.3, 0.4) is 0 Å². The zero-order valence-corrected chi connectivity index (χ0v) is 10.6. The molecule has 4 nitrogen and oxygen atoms in total. The molecule has 0 aliphatic rings. The summed E-state index contributed by atoms with van der Waals surface area (Å²) in [5.74, 6) is 0.241. The molecule has 1 unspecified atom stereocenters. The summed E-state index contributed by atoms with van der Waals surface area (Å²) in [5, 5.41) is 11.1. The van der Waals surface area contributed by atoms with Crippen molar-refractivity contribution in [3.63, 3.8) is 0 Å². The first-order chi connectivity index (χ1) is 8.56. The van der Waals surface area contributed by atoms with E-state index in [1.807, 2.05) is 20.8 Å². The fourth-order valence-electron chi connectivity index (χ4n) is 1.55. The summed E-state index contributed by atoms with van der Waals surface area (Å²) in [6.45, 7) is 5.71. The van der Waals surface area contributed by atoms with Gasteiger partial charge in [0.2, 0.25) is 5.95 Å². The third-order valence-corrected chi connectivity index (χ3v) is 2.81. The molecule has 0 aliphatic heterocycles. The van der Waals surface area contributed by atoms with Crippen molar-refractivity contribution in [3.8, 4) is 0 Å². The second kappa shape index (κ2) is 5.08. The molecule has 0 amide bonds. The van der Waals surface area contributed by atoms with E-state index in [-0.39, 0.29) is 11.9 Å². The van der Waals surface area contributed by atoms with E-state index in [1.54, 1.807) is 12.1 Å². The van der Waals surface area contributed by atoms with Crippen LogP contribution in [-0.2, 0) is 0 Å². The van der Waals surface area contributed by atoms with E-state index >= 15 is 0 Å². The van der Waals surface area contributed by atoms with E-state index in [9.17, 15) is 4.39 Å².